The molecule has 11 heavy (non-hydrogen) atoms. The highest BCUT2D eigenvalue weighted by molar-refractivity contribution is 5.20. The van der Waals surface area contributed by atoms with Crippen molar-refractivity contribution in [3.8, 4) is 0 Å². The molecular formula is C11H20. The van der Waals surface area contributed by atoms with Gasteiger partial charge in [-0.15, -0.1) is 0 Å². The van der Waals surface area contributed by atoms with E-state index in [1.54, 1.807) is 11.1 Å². The van der Waals surface area contributed by atoms with Crippen LogP contribution in [0.15, 0.2) is 11.1 Å². The Kier molecular flexibility index (Phi) is 2.75. The van der Waals surface area contributed by atoms with E-state index in [4.69, 9.17) is 0 Å². The zero-order valence-corrected chi connectivity index (χ0v) is 8.28. The van der Waals surface area contributed by atoms with Crippen molar-refractivity contribution >= 4 is 0 Å². The molecule has 0 fully saturated rings. The van der Waals surface area contributed by atoms with Crippen LogP contribution in [0.5, 0.6) is 0 Å². The number of hydrogen-bond donors (Lipinski definition) is 0. The summed E-state index contributed by atoms with van der Waals surface area (Å²) in [6, 6.07) is 0. The van der Waals surface area contributed by atoms with Gasteiger partial charge in [0.05, 0.1) is 0 Å². The molecule has 1 rings (SSSR count). The molecule has 0 saturated carbocycles. The average molecular weight is 152 g/mol. The van der Waals surface area contributed by atoms with Crippen LogP contribution in [0.3, 0.4) is 0 Å². The molecule has 0 radical (unpaired) electrons. The van der Waals surface area contributed by atoms with Crippen molar-refractivity contribution in [2.45, 2.75) is 47.0 Å². The van der Waals surface area contributed by atoms with E-state index >= 15 is 0 Å². The molecule has 0 nitrogen and oxygen atoms in total. The van der Waals surface area contributed by atoms with Gasteiger partial charge in [0.25, 0.3) is 0 Å². The van der Waals surface area contributed by atoms with E-state index in [1.165, 1.54) is 19.3 Å². The van der Waals surface area contributed by atoms with E-state index in [0.29, 0.717) is 0 Å². The summed E-state index contributed by atoms with van der Waals surface area (Å²) >= 11 is 0. The van der Waals surface area contributed by atoms with Gasteiger partial charge >= 0.3 is 0 Å². The summed E-state index contributed by atoms with van der Waals surface area (Å²) in [5, 5.41) is 0. The maximum Gasteiger partial charge on any atom is -0.0175 e. The monoisotopic (exact) mass is 152 g/mol. The largest absolute Gasteiger partial charge is 0.0738 e. The summed E-state index contributed by atoms with van der Waals surface area (Å²) in [4.78, 5) is 0. The summed E-state index contributed by atoms with van der Waals surface area (Å²) in [5.74, 6) is 1.81. The fourth-order valence-electron chi connectivity index (χ4n) is 2.34. The Hall–Kier alpha value is -0.260. The molecule has 1 aliphatic rings. The quantitative estimate of drug-likeness (QED) is 0.528. The predicted molar refractivity (Wildman–Crippen MR) is 50.6 cm³/mol. The molecule has 0 aromatic heterocycles. The summed E-state index contributed by atoms with van der Waals surface area (Å²) in [6.45, 7) is 9.29. The fraction of sp³-hybridized carbons (Fsp3) is 0.818. The van der Waals surface area contributed by atoms with Crippen LogP contribution in [0.25, 0.3) is 0 Å². The first kappa shape index (κ1) is 8.83. The molecule has 0 N–H and O–H groups in total. The van der Waals surface area contributed by atoms with Gasteiger partial charge in [0, 0.05) is 0 Å². The normalized spacial score (nSPS) is 31.6. The van der Waals surface area contributed by atoms with E-state index in [-0.39, 0.29) is 0 Å². The molecule has 0 heterocycles. The summed E-state index contributed by atoms with van der Waals surface area (Å²) < 4.78 is 0. The van der Waals surface area contributed by atoms with Crippen molar-refractivity contribution in [1.29, 1.82) is 0 Å². The first-order valence-electron chi connectivity index (χ1n) is 4.83. The van der Waals surface area contributed by atoms with Crippen molar-refractivity contribution in [1.82, 2.24) is 0 Å². The second-order valence-electron chi connectivity index (χ2n) is 4.04. The molecule has 64 valence electrons. The van der Waals surface area contributed by atoms with Crippen LogP contribution in [0.2, 0.25) is 0 Å². The van der Waals surface area contributed by atoms with Crippen LogP contribution in [0.1, 0.15) is 47.0 Å². The van der Waals surface area contributed by atoms with Crippen LogP contribution in [-0.2, 0) is 0 Å². The molecular weight excluding hydrogens is 132 g/mol. The molecule has 0 heteroatoms. The maximum atomic E-state index is 2.39. The third-order valence-corrected chi connectivity index (χ3v) is 3.14. The lowest BCUT2D eigenvalue weighted by Gasteiger charge is -2.16. The average Bonchev–Trinajstić information content (AvgIpc) is 2.17. The maximum absolute atomic E-state index is 2.39. The van der Waals surface area contributed by atoms with Crippen LogP contribution in [0, 0.1) is 11.8 Å². The topological polar surface area (TPSA) is 0 Å². The van der Waals surface area contributed by atoms with Gasteiger partial charge in [0.2, 0.25) is 0 Å². The highest BCUT2D eigenvalue weighted by Crippen LogP contribution is 2.38. The van der Waals surface area contributed by atoms with Gasteiger partial charge in [0.1, 0.15) is 0 Å². The van der Waals surface area contributed by atoms with Crippen molar-refractivity contribution in [2.75, 3.05) is 0 Å². The van der Waals surface area contributed by atoms with Crippen LogP contribution >= 0.6 is 0 Å². The van der Waals surface area contributed by atoms with E-state index < -0.39 is 0 Å². The minimum absolute atomic E-state index is 0.903. The van der Waals surface area contributed by atoms with Crippen molar-refractivity contribution in [3.05, 3.63) is 11.1 Å². The lowest BCUT2D eigenvalue weighted by Crippen LogP contribution is -2.05. The SMILES string of the molecule is CCC[C@@H]1C(C)=C(C)CC1C. The van der Waals surface area contributed by atoms with Gasteiger partial charge in [-0.25, -0.2) is 0 Å². The number of allylic oxidation sites excluding steroid dienone is 2. The Labute approximate surface area is 70.7 Å². The molecule has 0 aliphatic heterocycles. The molecule has 0 aromatic carbocycles. The van der Waals surface area contributed by atoms with Gasteiger partial charge in [-0.3, -0.25) is 0 Å². The van der Waals surface area contributed by atoms with E-state index in [9.17, 15) is 0 Å². The first-order valence-corrected chi connectivity index (χ1v) is 4.83. The Morgan fingerprint density at radius 1 is 1.36 bits per heavy atom. The van der Waals surface area contributed by atoms with Gasteiger partial charge in [-0.1, -0.05) is 31.4 Å². The van der Waals surface area contributed by atoms with Crippen LogP contribution < -0.4 is 0 Å². The van der Waals surface area contributed by atoms with E-state index in [1.807, 2.05) is 0 Å². The summed E-state index contributed by atoms with van der Waals surface area (Å²) in [5.41, 5.74) is 3.33. The standard InChI is InChI=1S/C11H20/c1-5-6-11-9(3)7-8(2)10(11)4/h9,11H,5-7H2,1-4H3/t9?,11-/m0/s1. The molecule has 2 atom stereocenters. The lowest BCUT2D eigenvalue weighted by atomic mass is 9.89. The van der Waals surface area contributed by atoms with Crippen LogP contribution in [-0.4, -0.2) is 0 Å². The summed E-state index contributed by atoms with van der Waals surface area (Å²) in [6.07, 6.45) is 4.07. The minimum Gasteiger partial charge on any atom is -0.0738 e. The zero-order chi connectivity index (χ0) is 8.43. The molecule has 0 amide bonds. The van der Waals surface area contributed by atoms with Crippen molar-refractivity contribution < 1.29 is 0 Å². The zero-order valence-electron chi connectivity index (χ0n) is 8.28. The first-order chi connectivity index (χ1) is 5.16. The Balaban J connectivity index is 2.63. The predicted octanol–water partition coefficient (Wildman–Crippen LogP) is 3.78. The molecule has 0 spiro atoms. The second kappa shape index (κ2) is 3.42. The number of rotatable bonds is 2. The third kappa shape index (κ3) is 1.66. The second-order valence-corrected chi connectivity index (χ2v) is 4.04. The van der Waals surface area contributed by atoms with E-state index in [2.05, 4.69) is 27.7 Å². The third-order valence-electron chi connectivity index (χ3n) is 3.14. The van der Waals surface area contributed by atoms with Gasteiger partial charge in [0.15, 0.2) is 0 Å². The Bertz CT molecular complexity index is 165. The van der Waals surface area contributed by atoms with E-state index in [0.717, 1.165) is 11.8 Å². The molecule has 0 saturated heterocycles. The molecule has 1 aliphatic carbocycles. The minimum atomic E-state index is 0.903. The van der Waals surface area contributed by atoms with Gasteiger partial charge in [-0.2, -0.15) is 0 Å². The number of hydrogen-bond acceptors (Lipinski definition) is 0. The molecule has 0 bridgehead atoms. The highest BCUT2D eigenvalue weighted by atomic mass is 14.3. The Morgan fingerprint density at radius 3 is 2.36 bits per heavy atom. The fourth-order valence-corrected chi connectivity index (χ4v) is 2.34. The Morgan fingerprint density at radius 2 is 2.00 bits per heavy atom. The smallest absolute Gasteiger partial charge is 0.0175 e. The highest BCUT2D eigenvalue weighted by Gasteiger charge is 2.25. The van der Waals surface area contributed by atoms with Crippen molar-refractivity contribution in [2.24, 2.45) is 11.8 Å². The lowest BCUT2D eigenvalue weighted by molar-refractivity contribution is 0.414. The van der Waals surface area contributed by atoms with Crippen LogP contribution in [0.4, 0.5) is 0 Å². The summed E-state index contributed by atoms with van der Waals surface area (Å²) in [7, 11) is 0. The van der Waals surface area contributed by atoms with Crippen molar-refractivity contribution in [3.63, 3.8) is 0 Å². The molecule has 1 unspecified atom stereocenters. The van der Waals surface area contributed by atoms with Gasteiger partial charge < -0.3 is 0 Å². The molecule has 0 aromatic rings. The van der Waals surface area contributed by atoms with Gasteiger partial charge in [-0.05, 0) is 38.5 Å².